The van der Waals surface area contributed by atoms with Gasteiger partial charge in [0.25, 0.3) is 5.56 Å². The van der Waals surface area contributed by atoms with Crippen molar-refractivity contribution in [2.45, 2.75) is 191 Å². The van der Waals surface area contributed by atoms with Gasteiger partial charge in [0, 0.05) is 45.4 Å². The number of hydrogen-bond donors (Lipinski definition) is 13. The van der Waals surface area contributed by atoms with Crippen molar-refractivity contribution in [3.63, 3.8) is 0 Å². The van der Waals surface area contributed by atoms with Crippen molar-refractivity contribution in [1.29, 1.82) is 0 Å². The normalized spacial score (nSPS) is 26.6. The zero-order valence-electron chi connectivity index (χ0n) is 43.9. The van der Waals surface area contributed by atoms with Crippen LogP contribution in [0.3, 0.4) is 0 Å². The number of carboxylic acids is 2. The van der Waals surface area contributed by atoms with E-state index in [4.69, 9.17) is 35.2 Å². The van der Waals surface area contributed by atoms with E-state index in [1.165, 1.54) is 7.11 Å². The summed E-state index contributed by atoms with van der Waals surface area (Å²) in [5.41, 5.74) is 10.0. The second-order valence-electron chi connectivity index (χ2n) is 20.1. The number of hydrogen-bond acceptors (Lipinski definition) is 21. The van der Waals surface area contributed by atoms with Crippen molar-refractivity contribution < 1.29 is 73.2 Å². The summed E-state index contributed by atoms with van der Waals surface area (Å²) in [5, 5.41) is 68.2. The van der Waals surface area contributed by atoms with Gasteiger partial charge in [-0.15, -0.1) is 0 Å². The standard InChI is InChI=1S/C48H82N10O17/c1-8-25(6)14-11-9-10-12-15-29(60)73-37(24(4)5)32(57-42(65)31(26-16-20-53-47(50)54-26)56-30(23(2)3)44(66)67)41(64)52-19-13-18-51-33(45(68)69)38(75-46-40(71-7)34(61)27(22-49)72-46)39-35(62)36(63)43(74-39)58-21-17-28(59)55-48(58)70/h17,21,23-27,30-40,43,46,51,56,61-63H,8-16,18-20,22,49H2,1-7H3,(H,52,64)(H,57,65)(H,66,67)(H,68,69)(H3,50,53,54)(H,55,59,70)/t25?,26-,27+,30-,31-,32-,33-,34+,35-,36+,37-,38-,39-,40+,43+,46-/m0/s1. The topological polar surface area (TPSA) is 412 Å². The van der Waals surface area contributed by atoms with E-state index in [-0.39, 0.29) is 51.4 Å². The van der Waals surface area contributed by atoms with Gasteiger partial charge in [-0.05, 0) is 43.6 Å². The van der Waals surface area contributed by atoms with Crippen molar-refractivity contribution in [3.8, 4) is 0 Å². The van der Waals surface area contributed by atoms with E-state index in [1.807, 2.05) is 4.98 Å². The highest BCUT2D eigenvalue weighted by Crippen LogP contribution is 2.35. The van der Waals surface area contributed by atoms with Gasteiger partial charge < -0.3 is 82.0 Å². The largest absolute Gasteiger partial charge is 0.480 e. The van der Waals surface area contributed by atoms with E-state index in [0.717, 1.165) is 48.9 Å². The highest BCUT2D eigenvalue weighted by molar-refractivity contribution is 5.92. The van der Waals surface area contributed by atoms with E-state index in [2.05, 4.69) is 45.4 Å². The highest BCUT2D eigenvalue weighted by Gasteiger charge is 2.54. The van der Waals surface area contributed by atoms with Crippen LogP contribution in [0.2, 0.25) is 0 Å². The highest BCUT2D eigenvalue weighted by atomic mass is 16.7. The van der Waals surface area contributed by atoms with Gasteiger partial charge in [-0.1, -0.05) is 73.6 Å². The molecule has 1 aromatic rings. The third-order valence-corrected chi connectivity index (χ3v) is 13.8. The first-order valence-corrected chi connectivity index (χ1v) is 25.9. The van der Waals surface area contributed by atoms with Crippen LogP contribution in [0.15, 0.2) is 26.8 Å². The number of nitrogens with two attached hydrogens (primary N) is 2. The molecule has 15 N–H and O–H groups in total. The quantitative estimate of drug-likeness (QED) is 0.0259. The van der Waals surface area contributed by atoms with E-state index < -0.39 is 144 Å². The number of aliphatic imine (C=N–C) groups is 1. The summed E-state index contributed by atoms with van der Waals surface area (Å²) in [5.74, 6) is -5.34. The molecular weight excluding hydrogens is 989 g/mol. The summed E-state index contributed by atoms with van der Waals surface area (Å²) in [4.78, 5) is 98.5. The number of aromatic amines is 1. The van der Waals surface area contributed by atoms with E-state index in [9.17, 15) is 59.1 Å². The average Bonchev–Trinajstić information content (AvgIpc) is 3.82. The summed E-state index contributed by atoms with van der Waals surface area (Å²) in [7, 11) is 1.24. The first-order valence-electron chi connectivity index (χ1n) is 25.9. The van der Waals surface area contributed by atoms with Gasteiger partial charge in [0.1, 0.15) is 73.0 Å². The maximum atomic E-state index is 14.5. The van der Waals surface area contributed by atoms with Crippen molar-refractivity contribution in [2.24, 2.45) is 34.2 Å². The minimum atomic E-state index is -1.91. The molecule has 2 amide bonds. The molecule has 0 bridgehead atoms. The molecule has 3 aliphatic rings. The molecule has 4 rings (SSSR count). The Balaban J connectivity index is 1.57. The molecule has 1 unspecified atom stereocenters. The van der Waals surface area contributed by atoms with Crippen LogP contribution in [0.1, 0.15) is 106 Å². The van der Waals surface area contributed by atoms with E-state index in [1.54, 1.807) is 27.7 Å². The minimum absolute atomic E-state index is 0.00374. The number of rotatable bonds is 32. The van der Waals surface area contributed by atoms with Crippen LogP contribution < -0.4 is 49.3 Å². The molecule has 0 aromatic carbocycles. The van der Waals surface area contributed by atoms with Crippen LogP contribution in [0, 0.1) is 17.8 Å². The average molecular weight is 1070 g/mol. The number of esters is 1. The fourth-order valence-corrected chi connectivity index (χ4v) is 9.24. The summed E-state index contributed by atoms with van der Waals surface area (Å²) in [6.45, 7) is 10.7. The number of amides is 2. The number of aliphatic carboxylic acids is 2. The number of aromatic nitrogens is 2. The number of carbonyl (C=O) groups excluding carboxylic acids is 3. The van der Waals surface area contributed by atoms with E-state index >= 15 is 0 Å². The molecule has 2 fully saturated rings. The fourth-order valence-electron chi connectivity index (χ4n) is 9.24. The van der Waals surface area contributed by atoms with Gasteiger partial charge in [-0.3, -0.25) is 48.6 Å². The summed E-state index contributed by atoms with van der Waals surface area (Å²) >= 11 is 0. The number of nitrogens with one attached hydrogen (secondary N) is 6. The Kier molecular flexibility index (Phi) is 25.0. The number of carboxylic acid groups (broad SMARTS) is 2. The number of aliphatic hydroxyl groups excluding tert-OH is 3. The van der Waals surface area contributed by atoms with Crippen LogP contribution in [0.5, 0.6) is 0 Å². The Morgan fingerprint density at radius 2 is 1.59 bits per heavy atom. The number of methoxy groups -OCH3 is 1. The van der Waals surface area contributed by atoms with E-state index in [0.29, 0.717) is 12.3 Å². The molecule has 1 aromatic heterocycles. The lowest BCUT2D eigenvalue weighted by Gasteiger charge is -2.35. The number of unbranched alkanes of at least 4 members (excludes halogenated alkanes) is 3. The van der Waals surface area contributed by atoms with Crippen LogP contribution in [-0.2, 0) is 47.7 Å². The predicted molar refractivity (Wildman–Crippen MR) is 269 cm³/mol. The molecule has 4 heterocycles. The molecule has 75 heavy (non-hydrogen) atoms. The maximum absolute atomic E-state index is 14.5. The molecule has 3 aliphatic heterocycles. The van der Waals surface area contributed by atoms with Gasteiger partial charge >= 0.3 is 23.6 Å². The molecule has 0 spiro atoms. The molecule has 16 atom stereocenters. The summed E-state index contributed by atoms with van der Waals surface area (Å²) in [6.07, 6.45) is -8.45. The second kappa shape index (κ2) is 30.0. The van der Waals surface area contributed by atoms with Gasteiger partial charge in [0.15, 0.2) is 18.5 Å². The van der Waals surface area contributed by atoms with Gasteiger partial charge in [-0.25, -0.2) is 4.79 Å². The third kappa shape index (κ3) is 17.5. The monoisotopic (exact) mass is 1070 g/mol. The summed E-state index contributed by atoms with van der Waals surface area (Å²) in [6, 6.07) is -5.61. The molecule has 426 valence electrons. The van der Waals surface area contributed by atoms with Gasteiger partial charge in [0.2, 0.25) is 11.8 Å². The zero-order chi connectivity index (χ0) is 55.7. The SMILES string of the molecule is CCC(C)CCCCCCC(=O)O[C@@H](C(C)C)[C@H](NC(=O)[C@@H](N[C@H](C(=O)O)C(C)C)[C@@H]1CCN=C(N)N1)C(=O)NCCCN[C@H](C(=O)O)[C@H](O[C@@H]1O[C@H](CN)[C@@H](O)[C@H]1OC)[C@H]1O[C@@H](n2ccc(=O)[nH]c2=O)[C@H](O)[C@@H]1O. The Bertz CT molecular complexity index is 2160. The molecule has 0 saturated carbocycles. The molecule has 27 nitrogen and oxygen atoms in total. The lowest BCUT2D eigenvalue weighted by Crippen LogP contribution is -2.66. The lowest BCUT2D eigenvalue weighted by atomic mass is 9.95. The number of H-pyrrole nitrogens is 1. The molecule has 2 saturated heterocycles. The van der Waals surface area contributed by atoms with Crippen LogP contribution >= 0.6 is 0 Å². The fraction of sp³-hybridized carbons (Fsp3) is 0.792. The van der Waals surface area contributed by atoms with Gasteiger partial charge in [-0.2, -0.15) is 0 Å². The number of nitrogens with zero attached hydrogens (tertiary/aromatic N) is 2. The predicted octanol–water partition coefficient (Wildman–Crippen LogP) is -2.67. The second-order valence-corrected chi connectivity index (χ2v) is 20.1. The molecular formula is C48H82N10O17. The Morgan fingerprint density at radius 3 is 2.19 bits per heavy atom. The molecule has 0 radical (unpaired) electrons. The zero-order valence-corrected chi connectivity index (χ0v) is 43.9. The molecule has 27 heteroatoms. The number of guanidine groups is 1. The lowest BCUT2D eigenvalue weighted by molar-refractivity contribution is -0.231. The smallest absolute Gasteiger partial charge is 0.330 e. The van der Waals surface area contributed by atoms with Crippen LogP contribution in [0.4, 0.5) is 0 Å². The Hall–Kier alpha value is -5.10. The third-order valence-electron chi connectivity index (χ3n) is 13.8. The first-order chi connectivity index (χ1) is 35.5. The summed E-state index contributed by atoms with van der Waals surface area (Å²) < 4.78 is 30.0. The van der Waals surface area contributed by atoms with Crippen molar-refractivity contribution in [2.75, 3.05) is 33.3 Å². The first kappa shape index (κ1) is 62.4. The van der Waals surface area contributed by atoms with Crippen molar-refractivity contribution in [1.82, 2.24) is 36.1 Å². The van der Waals surface area contributed by atoms with Gasteiger partial charge in [0.05, 0.1) is 6.04 Å². The van der Waals surface area contributed by atoms with Crippen LogP contribution in [0.25, 0.3) is 0 Å². The maximum Gasteiger partial charge on any atom is 0.330 e. The Labute approximate surface area is 435 Å². The Morgan fingerprint density at radius 1 is 0.893 bits per heavy atom. The number of aliphatic hydroxyl groups is 3. The van der Waals surface area contributed by atoms with Crippen LogP contribution in [-0.4, -0.2) is 189 Å². The molecule has 0 aliphatic carbocycles. The van der Waals surface area contributed by atoms with Crippen molar-refractivity contribution >= 4 is 35.7 Å². The number of carbonyl (C=O) groups is 5. The number of ether oxygens (including phenoxy) is 5. The minimum Gasteiger partial charge on any atom is -0.480 e. The van der Waals surface area contributed by atoms with Crippen molar-refractivity contribution in [3.05, 3.63) is 33.1 Å².